The highest BCUT2D eigenvalue weighted by Crippen LogP contribution is 2.61. The topological polar surface area (TPSA) is 8.17 Å². The number of aromatic nitrogens is 1. The number of allylic oxidation sites excluding steroid dienone is 1. The SMILES string of the molecule is C1=Cc2c(n(-c3ccc(N(c4ccc(C5(c6ccccc6)c6ccccc6-c6ccccc65)cc4)c4cccc5c4C(c4ccccc4)(c4ccccc4)c4ccccc4-5)cc3)c3ccccc23)CC1. The Labute approximate surface area is 409 Å². The van der Waals surface area contributed by atoms with Crippen LogP contribution in [0.1, 0.15) is 62.2 Å². The maximum absolute atomic E-state index is 2.52. The minimum atomic E-state index is -0.603. The zero-order valence-corrected chi connectivity index (χ0v) is 38.7. The molecule has 0 bridgehead atoms. The van der Waals surface area contributed by atoms with Crippen LogP contribution < -0.4 is 4.90 Å². The standard InChI is InChI=1S/C68H48N2/c1-4-21-47(22-5-1)67(60-33-15-10-27-54(60)55-28-11-16-34-61(55)67)50-39-41-51(42-40-50)69(52-43-45-53(46-44-52)70-63-36-18-13-30-57(63)58-31-14-19-37-64(58)70)65-38-20-32-59-56-29-12-17-35-62(56)68(66(59)65,48-23-6-2-7-24-48)49-25-8-3-9-26-49/h1-18,20-36,38-46H,19,37H2. The number of rotatable bonds is 8. The van der Waals surface area contributed by atoms with Crippen LogP contribution in [0.4, 0.5) is 17.1 Å². The summed E-state index contributed by atoms with van der Waals surface area (Å²) in [7, 11) is 0. The fourth-order valence-corrected chi connectivity index (χ4v) is 12.9. The molecule has 0 spiro atoms. The van der Waals surface area contributed by atoms with Gasteiger partial charge in [0.1, 0.15) is 0 Å². The minimum Gasteiger partial charge on any atom is -0.313 e. The Morgan fingerprint density at radius 2 is 0.829 bits per heavy atom. The number of hydrogen-bond donors (Lipinski definition) is 0. The van der Waals surface area contributed by atoms with Gasteiger partial charge in [0.05, 0.1) is 22.0 Å². The molecule has 1 aromatic heterocycles. The second-order valence-electron chi connectivity index (χ2n) is 19.0. The van der Waals surface area contributed by atoms with E-state index in [2.05, 4.69) is 276 Å². The lowest BCUT2D eigenvalue weighted by molar-refractivity contribution is 0.766. The number of nitrogens with zero attached hydrogens (tertiary/aromatic N) is 2. The number of para-hydroxylation sites is 1. The van der Waals surface area contributed by atoms with Crippen molar-refractivity contribution >= 4 is 34.0 Å². The van der Waals surface area contributed by atoms with Crippen LogP contribution in [-0.4, -0.2) is 4.57 Å². The van der Waals surface area contributed by atoms with Gasteiger partial charge in [-0.3, -0.25) is 0 Å². The highest BCUT2D eigenvalue weighted by molar-refractivity contribution is 5.96. The van der Waals surface area contributed by atoms with Crippen molar-refractivity contribution in [3.05, 3.63) is 317 Å². The number of fused-ring (bicyclic) bond motifs is 9. The van der Waals surface area contributed by atoms with Crippen LogP contribution in [-0.2, 0) is 17.3 Å². The molecule has 2 nitrogen and oxygen atoms in total. The fourth-order valence-electron chi connectivity index (χ4n) is 12.9. The molecule has 0 aliphatic heterocycles. The molecule has 70 heavy (non-hydrogen) atoms. The summed E-state index contributed by atoms with van der Waals surface area (Å²) < 4.78 is 2.49. The first-order chi connectivity index (χ1) is 34.8. The molecule has 2 heteroatoms. The van der Waals surface area contributed by atoms with Crippen molar-refractivity contribution in [2.75, 3.05) is 4.90 Å². The van der Waals surface area contributed by atoms with Crippen LogP contribution in [0.3, 0.4) is 0 Å². The normalized spacial score (nSPS) is 14.3. The lowest BCUT2D eigenvalue weighted by Gasteiger charge is -2.38. The summed E-state index contributed by atoms with van der Waals surface area (Å²) in [5.41, 5.74) is 22.6. The summed E-state index contributed by atoms with van der Waals surface area (Å²) in [5, 5.41) is 1.30. The third-order valence-corrected chi connectivity index (χ3v) is 15.6. The van der Waals surface area contributed by atoms with Crippen molar-refractivity contribution < 1.29 is 0 Å². The maximum Gasteiger partial charge on any atom is 0.0734 e. The lowest BCUT2D eigenvalue weighted by Crippen LogP contribution is -2.30. The summed E-state index contributed by atoms with van der Waals surface area (Å²) in [6, 6.07) is 95.2. The Kier molecular flexibility index (Phi) is 9.19. The Balaban J connectivity index is 1.02. The van der Waals surface area contributed by atoms with Crippen LogP contribution in [0.15, 0.2) is 261 Å². The predicted molar refractivity (Wildman–Crippen MR) is 290 cm³/mol. The highest BCUT2D eigenvalue weighted by atomic mass is 15.1. The molecule has 3 aliphatic carbocycles. The molecule has 10 aromatic carbocycles. The van der Waals surface area contributed by atoms with E-state index >= 15 is 0 Å². The van der Waals surface area contributed by atoms with Gasteiger partial charge in [0.2, 0.25) is 0 Å². The van der Waals surface area contributed by atoms with Crippen molar-refractivity contribution in [3.63, 3.8) is 0 Å². The van der Waals surface area contributed by atoms with E-state index in [1.807, 2.05) is 0 Å². The van der Waals surface area contributed by atoms with Gasteiger partial charge in [0.15, 0.2) is 0 Å². The summed E-state index contributed by atoms with van der Waals surface area (Å²) in [4.78, 5) is 2.52. The Bertz CT molecular complexity index is 3720. The van der Waals surface area contributed by atoms with Gasteiger partial charge in [-0.2, -0.15) is 0 Å². The third-order valence-electron chi connectivity index (χ3n) is 15.6. The Morgan fingerprint density at radius 3 is 1.43 bits per heavy atom. The van der Waals surface area contributed by atoms with Gasteiger partial charge in [-0.15, -0.1) is 0 Å². The summed E-state index contributed by atoms with van der Waals surface area (Å²) >= 11 is 0. The molecule has 14 rings (SSSR count). The molecule has 0 saturated heterocycles. The second kappa shape index (κ2) is 15.9. The molecule has 0 saturated carbocycles. The smallest absolute Gasteiger partial charge is 0.0734 e. The van der Waals surface area contributed by atoms with E-state index in [4.69, 9.17) is 0 Å². The van der Waals surface area contributed by atoms with Crippen molar-refractivity contribution in [1.82, 2.24) is 4.57 Å². The predicted octanol–water partition coefficient (Wildman–Crippen LogP) is 16.8. The van der Waals surface area contributed by atoms with Crippen LogP contribution in [0.25, 0.3) is 44.9 Å². The largest absolute Gasteiger partial charge is 0.313 e. The van der Waals surface area contributed by atoms with Crippen LogP contribution in [0.5, 0.6) is 0 Å². The molecule has 330 valence electrons. The van der Waals surface area contributed by atoms with Gasteiger partial charge in [-0.1, -0.05) is 218 Å². The first-order valence-electron chi connectivity index (χ1n) is 24.7. The van der Waals surface area contributed by atoms with Crippen molar-refractivity contribution in [3.8, 4) is 27.9 Å². The Morgan fingerprint density at radius 1 is 0.371 bits per heavy atom. The van der Waals surface area contributed by atoms with Gasteiger partial charge in [0.25, 0.3) is 0 Å². The van der Waals surface area contributed by atoms with E-state index in [0.29, 0.717) is 0 Å². The van der Waals surface area contributed by atoms with Crippen molar-refractivity contribution in [1.29, 1.82) is 0 Å². The summed E-state index contributed by atoms with van der Waals surface area (Å²) in [5.74, 6) is 0. The molecule has 0 fully saturated rings. The lowest BCUT2D eigenvalue weighted by atomic mass is 9.67. The summed E-state index contributed by atoms with van der Waals surface area (Å²) in [6.07, 6.45) is 6.69. The molecule has 0 amide bonds. The molecular formula is C68H48N2. The van der Waals surface area contributed by atoms with E-state index < -0.39 is 10.8 Å². The molecule has 0 N–H and O–H groups in total. The third kappa shape index (κ3) is 5.68. The van der Waals surface area contributed by atoms with E-state index in [0.717, 1.165) is 29.9 Å². The van der Waals surface area contributed by atoms with E-state index in [1.54, 1.807) is 0 Å². The van der Waals surface area contributed by atoms with Crippen LogP contribution >= 0.6 is 0 Å². The van der Waals surface area contributed by atoms with Gasteiger partial charge in [0, 0.05) is 39.3 Å². The van der Waals surface area contributed by atoms with E-state index in [-0.39, 0.29) is 0 Å². The van der Waals surface area contributed by atoms with Gasteiger partial charge >= 0.3 is 0 Å². The van der Waals surface area contributed by atoms with Crippen molar-refractivity contribution in [2.24, 2.45) is 0 Å². The molecule has 0 atom stereocenters. The first-order valence-corrected chi connectivity index (χ1v) is 24.7. The fraction of sp³-hybridized carbons (Fsp3) is 0.0588. The quantitative estimate of drug-likeness (QED) is 0.148. The van der Waals surface area contributed by atoms with Crippen LogP contribution in [0, 0.1) is 0 Å². The maximum atomic E-state index is 2.52. The zero-order valence-electron chi connectivity index (χ0n) is 38.7. The minimum absolute atomic E-state index is 0.501. The molecule has 11 aromatic rings. The molecule has 3 aliphatic rings. The molecule has 0 unspecified atom stereocenters. The first kappa shape index (κ1) is 40.4. The highest BCUT2D eigenvalue weighted by Gasteiger charge is 2.49. The van der Waals surface area contributed by atoms with E-state index in [1.165, 1.54) is 94.6 Å². The van der Waals surface area contributed by atoms with Gasteiger partial charge < -0.3 is 9.47 Å². The summed E-state index contributed by atoms with van der Waals surface area (Å²) in [6.45, 7) is 0. The van der Waals surface area contributed by atoms with E-state index in [9.17, 15) is 0 Å². The number of anilines is 3. The average molecular weight is 893 g/mol. The van der Waals surface area contributed by atoms with Gasteiger partial charge in [-0.05, 0) is 123 Å². The average Bonchev–Trinajstić information content (AvgIpc) is 4.06. The monoisotopic (exact) mass is 892 g/mol. The second-order valence-corrected chi connectivity index (χ2v) is 19.0. The molecule has 1 heterocycles. The van der Waals surface area contributed by atoms with Gasteiger partial charge in [-0.25, -0.2) is 0 Å². The van der Waals surface area contributed by atoms with Crippen molar-refractivity contribution in [2.45, 2.75) is 23.7 Å². The number of hydrogen-bond acceptors (Lipinski definition) is 1. The zero-order chi connectivity index (χ0) is 46.2. The van der Waals surface area contributed by atoms with Crippen LogP contribution in [0.2, 0.25) is 0 Å². The number of benzene rings is 10. The Hall–Kier alpha value is -8.72. The molecular weight excluding hydrogens is 845 g/mol. The molecule has 0 radical (unpaired) electrons.